The zero-order valence-corrected chi connectivity index (χ0v) is 18.7. The smallest absolute Gasteiger partial charge is 0.186 e. The number of phenolic OH excluding ortho intramolecular Hbond substituents is 2. The summed E-state index contributed by atoms with van der Waals surface area (Å²) in [6.45, 7) is -0.474. The molecule has 6 N–H and O–H groups in total. The van der Waals surface area contributed by atoms with Crippen molar-refractivity contribution in [2.75, 3.05) is 20.3 Å². The molecule has 0 radical (unpaired) electrons. The Labute approximate surface area is 196 Å². The average Bonchev–Trinajstić information content (AvgIpc) is 2.83. The number of aliphatic hydroxyl groups excluding tert-OH is 4. The highest BCUT2D eigenvalue weighted by Crippen LogP contribution is 2.43. The van der Waals surface area contributed by atoms with Crippen LogP contribution in [0.25, 0.3) is 0 Å². The lowest BCUT2D eigenvalue weighted by molar-refractivity contribution is -0.300. The van der Waals surface area contributed by atoms with Crippen molar-refractivity contribution < 1.29 is 49.6 Å². The van der Waals surface area contributed by atoms with Gasteiger partial charge in [-0.3, -0.25) is 0 Å². The van der Waals surface area contributed by atoms with E-state index in [9.17, 15) is 30.6 Å². The van der Waals surface area contributed by atoms with Gasteiger partial charge in [0, 0.05) is 23.6 Å². The first-order valence-corrected chi connectivity index (χ1v) is 11.1. The minimum Gasteiger partial charge on any atom is -0.508 e. The molecule has 2 heterocycles. The van der Waals surface area contributed by atoms with Crippen LogP contribution < -0.4 is 9.47 Å². The fraction of sp³-hybridized carbons (Fsp3) is 0.500. The molecule has 0 spiro atoms. The Balaban J connectivity index is 1.51. The topological polar surface area (TPSA) is 158 Å². The van der Waals surface area contributed by atoms with E-state index in [-0.39, 0.29) is 18.1 Å². The summed E-state index contributed by atoms with van der Waals surface area (Å²) >= 11 is 0. The normalized spacial score (nSPS) is 28.7. The zero-order valence-electron chi connectivity index (χ0n) is 18.7. The third-order valence-electron chi connectivity index (χ3n) is 6.30. The van der Waals surface area contributed by atoms with E-state index in [1.54, 1.807) is 6.07 Å². The second-order valence-electron chi connectivity index (χ2n) is 8.44. The molecule has 0 saturated carbocycles. The van der Waals surface area contributed by atoms with Gasteiger partial charge in [-0.2, -0.15) is 0 Å². The van der Waals surface area contributed by atoms with Crippen LogP contribution in [0.5, 0.6) is 23.0 Å². The van der Waals surface area contributed by atoms with E-state index >= 15 is 0 Å². The first-order valence-electron chi connectivity index (χ1n) is 11.1. The number of rotatable bonds is 7. The number of benzene rings is 2. The molecular weight excluding hydrogens is 448 g/mol. The predicted molar refractivity (Wildman–Crippen MR) is 118 cm³/mol. The maximum absolute atomic E-state index is 10.3. The summed E-state index contributed by atoms with van der Waals surface area (Å²) in [5, 5.41) is 59.3. The summed E-state index contributed by atoms with van der Waals surface area (Å²) in [7, 11) is 1.54. The van der Waals surface area contributed by atoms with Crippen LogP contribution in [-0.4, -0.2) is 81.7 Å². The number of hydrogen-bond donors (Lipinski definition) is 6. The molecule has 34 heavy (non-hydrogen) atoms. The van der Waals surface area contributed by atoms with Gasteiger partial charge in [0.2, 0.25) is 0 Å². The SMILES string of the molecule is COc1ccc2c(c1CCO[C@@H]1O[C@H](CO)[C@@H](O)[C@H](O)[C@H]1O)O[C@H](c1ccc(O)cc1O)CC2. The number of ether oxygens (including phenoxy) is 4. The molecule has 4 rings (SSSR count). The Morgan fingerprint density at radius 1 is 1.03 bits per heavy atom. The Kier molecular flexibility index (Phi) is 7.46. The van der Waals surface area contributed by atoms with E-state index in [0.29, 0.717) is 36.3 Å². The van der Waals surface area contributed by atoms with Gasteiger partial charge in [0.15, 0.2) is 6.29 Å². The summed E-state index contributed by atoms with van der Waals surface area (Å²) in [5.41, 5.74) is 2.26. The van der Waals surface area contributed by atoms with E-state index in [4.69, 9.17) is 18.9 Å². The second-order valence-corrected chi connectivity index (χ2v) is 8.44. The van der Waals surface area contributed by atoms with Gasteiger partial charge in [-0.15, -0.1) is 0 Å². The van der Waals surface area contributed by atoms with Crippen molar-refractivity contribution in [1.82, 2.24) is 0 Å². The number of aliphatic hydroxyl groups is 4. The molecule has 0 aliphatic carbocycles. The minimum absolute atomic E-state index is 0.0369. The summed E-state index contributed by atoms with van der Waals surface area (Å²) < 4.78 is 22.8. The van der Waals surface area contributed by atoms with E-state index in [0.717, 1.165) is 11.1 Å². The van der Waals surface area contributed by atoms with E-state index in [1.165, 1.54) is 19.2 Å². The van der Waals surface area contributed by atoms with Gasteiger partial charge in [0.1, 0.15) is 53.5 Å². The molecule has 2 aliphatic rings. The van der Waals surface area contributed by atoms with Crippen LogP contribution in [0.15, 0.2) is 30.3 Å². The standard InChI is InChI=1S/C24H30O10/c1-31-17-6-2-12-3-7-18(14-5-4-13(26)10-16(14)27)33-23(12)15(17)8-9-32-24-22(30)21(29)20(28)19(11-25)34-24/h2,4-6,10,18-22,24-30H,3,7-9,11H2,1H3/t18-,19+,20+,21-,22+,24+/m0/s1. The summed E-state index contributed by atoms with van der Waals surface area (Å²) in [5.74, 6) is 1.10. The molecule has 1 fully saturated rings. The lowest BCUT2D eigenvalue weighted by atomic mass is 9.94. The molecule has 186 valence electrons. The Bertz CT molecular complexity index is 994. The Morgan fingerprint density at radius 2 is 1.82 bits per heavy atom. The van der Waals surface area contributed by atoms with Crippen LogP contribution in [0.1, 0.15) is 29.2 Å². The first kappa shape index (κ1) is 24.5. The molecule has 0 bridgehead atoms. The number of aromatic hydroxyl groups is 2. The van der Waals surface area contributed by atoms with Gasteiger partial charge in [-0.1, -0.05) is 6.07 Å². The van der Waals surface area contributed by atoms with Gasteiger partial charge >= 0.3 is 0 Å². The molecule has 0 unspecified atom stereocenters. The van der Waals surface area contributed by atoms with Crippen LogP contribution in [-0.2, 0) is 22.3 Å². The summed E-state index contributed by atoms with van der Waals surface area (Å²) in [4.78, 5) is 0. The minimum atomic E-state index is -1.52. The fourth-order valence-corrected chi connectivity index (χ4v) is 4.42. The van der Waals surface area contributed by atoms with Gasteiger partial charge in [-0.05, 0) is 36.6 Å². The number of fused-ring (bicyclic) bond motifs is 1. The van der Waals surface area contributed by atoms with Gasteiger partial charge in [-0.25, -0.2) is 0 Å². The average molecular weight is 478 g/mol. The van der Waals surface area contributed by atoms with Gasteiger partial charge in [0.05, 0.1) is 20.3 Å². The van der Waals surface area contributed by atoms with Crippen molar-refractivity contribution in [3.8, 4) is 23.0 Å². The van der Waals surface area contributed by atoms with Crippen molar-refractivity contribution in [2.24, 2.45) is 0 Å². The molecule has 2 aliphatic heterocycles. The maximum atomic E-state index is 10.3. The third kappa shape index (κ3) is 4.78. The predicted octanol–water partition coefficient (Wildman–Crippen LogP) is 0.532. The Hall–Kier alpha value is -2.60. The van der Waals surface area contributed by atoms with Crippen molar-refractivity contribution >= 4 is 0 Å². The van der Waals surface area contributed by atoms with Gasteiger partial charge in [0.25, 0.3) is 0 Å². The van der Waals surface area contributed by atoms with Crippen molar-refractivity contribution in [3.05, 3.63) is 47.0 Å². The molecular formula is C24H30O10. The number of methoxy groups -OCH3 is 1. The number of hydrogen-bond acceptors (Lipinski definition) is 10. The lowest BCUT2D eigenvalue weighted by Crippen LogP contribution is -2.59. The number of phenols is 2. The van der Waals surface area contributed by atoms with Crippen LogP contribution in [0.4, 0.5) is 0 Å². The highest BCUT2D eigenvalue weighted by molar-refractivity contribution is 5.52. The lowest BCUT2D eigenvalue weighted by Gasteiger charge is -2.39. The van der Waals surface area contributed by atoms with E-state index < -0.39 is 43.4 Å². The van der Waals surface area contributed by atoms with Crippen molar-refractivity contribution in [1.29, 1.82) is 0 Å². The maximum Gasteiger partial charge on any atom is 0.186 e. The van der Waals surface area contributed by atoms with Gasteiger partial charge < -0.3 is 49.6 Å². The molecule has 2 aromatic carbocycles. The summed E-state index contributed by atoms with van der Waals surface area (Å²) in [6, 6.07) is 8.15. The van der Waals surface area contributed by atoms with Crippen molar-refractivity contribution in [3.63, 3.8) is 0 Å². The third-order valence-corrected chi connectivity index (χ3v) is 6.30. The molecule has 2 aromatic rings. The quantitative estimate of drug-likeness (QED) is 0.332. The Morgan fingerprint density at radius 3 is 2.53 bits per heavy atom. The largest absolute Gasteiger partial charge is 0.508 e. The van der Waals surface area contributed by atoms with Crippen LogP contribution >= 0.6 is 0 Å². The van der Waals surface area contributed by atoms with Crippen molar-refractivity contribution in [2.45, 2.75) is 56.1 Å². The zero-order chi connectivity index (χ0) is 24.4. The van der Waals surface area contributed by atoms with Crippen LogP contribution in [0, 0.1) is 0 Å². The molecule has 6 atom stereocenters. The second kappa shape index (κ2) is 10.3. The summed E-state index contributed by atoms with van der Waals surface area (Å²) in [6.07, 6.45) is -5.51. The first-order chi connectivity index (χ1) is 16.3. The molecule has 0 amide bonds. The number of aryl methyl sites for hydroxylation is 1. The molecule has 10 heteroatoms. The highest BCUT2D eigenvalue weighted by atomic mass is 16.7. The van der Waals surface area contributed by atoms with E-state index in [1.807, 2.05) is 12.1 Å². The highest BCUT2D eigenvalue weighted by Gasteiger charge is 2.44. The molecule has 1 saturated heterocycles. The molecule has 0 aromatic heterocycles. The molecule has 10 nitrogen and oxygen atoms in total. The van der Waals surface area contributed by atoms with Crippen LogP contribution in [0.3, 0.4) is 0 Å². The monoisotopic (exact) mass is 478 g/mol. The van der Waals surface area contributed by atoms with E-state index in [2.05, 4.69) is 0 Å². The fourth-order valence-electron chi connectivity index (χ4n) is 4.42. The van der Waals surface area contributed by atoms with Crippen LogP contribution in [0.2, 0.25) is 0 Å².